The summed E-state index contributed by atoms with van der Waals surface area (Å²) < 4.78 is 29.6. The molecule has 0 amide bonds. The highest BCUT2D eigenvalue weighted by Crippen LogP contribution is 2.26. The molecule has 31 heavy (non-hydrogen) atoms. The summed E-state index contributed by atoms with van der Waals surface area (Å²) >= 11 is 0. The van der Waals surface area contributed by atoms with E-state index in [4.69, 9.17) is 0 Å². The summed E-state index contributed by atoms with van der Waals surface area (Å²) in [5, 5.41) is 5.04. The fourth-order valence-electron chi connectivity index (χ4n) is 3.74. The Kier molecular flexibility index (Phi) is 6.46. The van der Waals surface area contributed by atoms with Gasteiger partial charge in [0.2, 0.25) is 10.0 Å². The second-order valence-electron chi connectivity index (χ2n) is 7.64. The van der Waals surface area contributed by atoms with Crippen LogP contribution in [0.1, 0.15) is 16.8 Å². The van der Waals surface area contributed by atoms with Crippen LogP contribution in [0.5, 0.6) is 0 Å². The number of aryl methyl sites for hydroxylation is 1. The molecule has 160 valence electrons. The van der Waals surface area contributed by atoms with Crippen LogP contribution < -0.4 is 10.0 Å². The van der Waals surface area contributed by atoms with Crippen LogP contribution in [0.25, 0.3) is 10.8 Å². The summed E-state index contributed by atoms with van der Waals surface area (Å²) in [5.41, 5.74) is 3.08. The number of aromatic amines is 1. The highest BCUT2D eigenvalue weighted by Gasteiger charge is 2.23. The van der Waals surface area contributed by atoms with Crippen LogP contribution in [0, 0.1) is 6.92 Å². The van der Waals surface area contributed by atoms with Gasteiger partial charge in [-0.2, -0.15) is 0 Å². The monoisotopic (exact) mass is 434 g/mol. The number of nitrogens with one attached hydrogen (secondary N) is 3. The lowest BCUT2D eigenvalue weighted by atomic mass is 10.1. The van der Waals surface area contributed by atoms with E-state index in [2.05, 4.69) is 20.0 Å². The van der Waals surface area contributed by atoms with E-state index in [-0.39, 0.29) is 6.04 Å². The first kappa shape index (κ1) is 21.2. The number of benzene rings is 3. The standard InChI is InChI=1S/C24H26N4O2S/c1-18-11-12-24(23-10-6-5-9-22(18)23)31(29,30)28-21(13-20-15-26-17-27-20)16-25-14-19-7-3-2-4-8-19/h2-12,15,17,21,25,28H,13-14,16H2,1H3,(H,26,27)/t21-/m0/s1. The number of sulfonamides is 1. The van der Waals surface area contributed by atoms with Gasteiger partial charge in [0.05, 0.1) is 11.2 Å². The lowest BCUT2D eigenvalue weighted by Crippen LogP contribution is -2.43. The van der Waals surface area contributed by atoms with Crippen LogP contribution in [-0.2, 0) is 23.0 Å². The van der Waals surface area contributed by atoms with Crippen molar-refractivity contribution in [3.8, 4) is 0 Å². The van der Waals surface area contributed by atoms with E-state index in [0.717, 1.165) is 27.6 Å². The van der Waals surface area contributed by atoms with E-state index in [0.29, 0.717) is 24.4 Å². The summed E-state index contributed by atoms with van der Waals surface area (Å²) in [6.07, 6.45) is 3.83. The third-order valence-electron chi connectivity index (χ3n) is 5.30. The topological polar surface area (TPSA) is 86.9 Å². The lowest BCUT2D eigenvalue weighted by molar-refractivity contribution is 0.511. The maximum Gasteiger partial charge on any atom is 0.241 e. The number of H-pyrrole nitrogens is 1. The van der Waals surface area contributed by atoms with Crippen LogP contribution in [0.2, 0.25) is 0 Å². The van der Waals surface area contributed by atoms with Crippen molar-refractivity contribution >= 4 is 20.8 Å². The van der Waals surface area contributed by atoms with Gasteiger partial charge >= 0.3 is 0 Å². The number of imidazole rings is 1. The van der Waals surface area contributed by atoms with Crippen molar-refractivity contribution < 1.29 is 8.42 Å². The van der Waals surface area contributed by atoms with E-state index in [1.165, 1.54) is 0 Å². The first-order valence-electron chi connectivity index (χ1n) is 10.3. The molecule has 1 atom stereocenters. The SMILES string of the molecule is Cc1ccc(S(=O)(=O)N[C@H](CNCc2ccccc2)Cc2cnc[nH]2)c2ccccc12. The van der Waals surface area contributed by atoms with Crippen LogP contribution in [0.4, 0.5) is 0 Å². The summed E-state index contributed by atoms with van der Waals surface area (Å²) in [7, 11) is -3.73. The third kappa shape index (κ3) is 5.19. The van der Waals surface area contributed by atoms with Gasteiger partial charge in [0, 0.05) is 42.8 Å². The number of nitrogens with zero attached hydrogens (tertiary/aromatic N) is 1. The van der Waals surface area contributed by atoms with E-state index in [9.17, 15) is 8.42 Å². The molecule has 0 bridgehead atoms. The molecule has 3 aromatic carbocycles. The first-order valence-corrected chi connectivity index (χ1v) is 11.7. The number of hydrogen-bond donors (Lipinski definition) is 3. The molecule has 4 rings (SSSR count). The molecule has 6 nitrogen and oxygen atoms in total. The van der Waals surface area contributed by atoms with Crippen molar-refractivity contribution in [3.63, 3.8) is 0 Å². The molecule has 0 fully saturated rings. The van der Waals surface area contributed by atoms with Crippen LogP contribution in [0.15, 0.2) is 84.1 Å². The number of hydrogen-bond acceptors (Lipinski definition) is 4. The Morgan fingerprint density at radius 1 is 0.968 bits per heavy atom. The van der Waals surface area contributed by atoms with E-state index in [1.54, 1.807) is 18.6 Å². The highest BCUT2D eigenvalue weighted by molar-refractivity contribution is 7.89. The Balaban J connectivity index is 1.56. The number of fused-ring (bicyclic) bond motifs is 1. The molecule has 1 heterocycles. The molecule has 0 unspecified atom stereocenters. The van der Waals surface area contributed by atoms with E-state index >= 15 is 0 Å². The molecule has 0 radical (unpaired) electrons. The molecule has 0 saturated carbocycles. The third-order valence-corrected chi connectivity index (χ3v) is 6.88. The first-order chi connectivity index (χ1) is 15.0. The maximum absolute atomic E-state index is 13.4. The van der Waals surface area contributed by atoms with Gasteiger partial charge in [-0.15, -0.1) is 0 Å². The zero-order chi connectivity index (χ0) is 21.7. The zero-order valence-corrected chi connectivity index (χ0v) is 18.2. The van der Waals surface area contributed by atoms with Crippen LogP contribution in [-0.4, -0.2) is 31.0 Å². The second-order valence-corrected chi connectivity index (χ2v) is 9.32. The minimum atomic E-state index is -3.73. The van der Waals surface area contributed by atoms with Gasteiger partial charge in [-0.25, -0.2) is 18.1 Å². The molecule has 0 aliphatic rings. The van der Waals surface area contributed by atoms with Gasteiger partial charge in [-0.1, -0.05) is 60.7 Å². The molecule has 4 aromatic rings. The van der Waals surface area contributed by atoms with Gasteiger partial charge in [-0.05, 0) is 29.5 Å². The van der Waals surface area contributed by atoms with Gasteiger partial charge in [0.1, 0.15) is 0 Å². The Labute approximate surface area is 182 Å². The zero-order valence-electron chi connectivity index (χ0n) is 17.4. The highest BCUT2D eigenvalue weighted by atomic mass is 32.2. The summed E-state index contributed by atoms with van der Waals surface area (Å²) in [6.45, 7) is 3.13. The Morgan fingerprint density at radius 3 is 2.45 bits per heavy atom. The van der Waals surface area contributed by atoms with Crippen molar-refractivity contribution in [1.29, 1.82) is 0 Å². The normalized spacial score (nSPS) is 12.8. The summed E-state index contributed by atoms with van der Waals surface area (Å²) in [4.78, 5) is 7.42. The van der Waals surface area contributed by atoms with Crippen LogP contribution in [0.3, 0.4) is 0 Å². The Bertz CT molecular complexity index is 1240. The predicted octanol–water partition coefficient (Wildman–Crippen LogP) is 3.55. The molecule has 0 aliphatic carbocycles. The fraction of sp³-hybridized carbons (Fsp3) is 0.208. The quantitative estimate of drug-likeness (QED) is 0.376. The minimum absolute atomic E-state index is 0.298. The number of aromatic nitrogens is 2. The van der Waals surface area contributed by atoms with Crippen LogP contribution >= 0.6 is 0 Å². The second kappa shape index (κ2) is 9.43. The molecule has 7 heteroatoms. The van der Waals surface area contributed by atoms with Gasteiger partial charge in [0.15, 0.2) is 0 Å². The van der Waals surface area contributed by atoms with Gasteiger partial charge < -0.3 is 10.3 Å². The van der Waals surface area contributed by atoms with Crippen molar-refractivity contribution in [2.24, 2.45) is 0 Å². The maximum atomic E-state index is 13.4. The molecular weight excluding hydrogens is 408 g/mol. The Hall–Kier alpha value is -3.00. The lowest BCUT2D eigenvalue weighted by Gasteiger charge is -2.20. The average molecular weight is 435 g/mol. The summed E-state index contributed by atoms with van der Waals surface area (Å²) in [6, 6.07) is 20.8. The molecule has 0 saturated heterocycles. The molecular formula is C24H26N4O2S. The smallest absolute Gasteiger partial charge is 0.241 e. The fourth-order valence-corrected chi connectivity index (χ4v) is 5.19. The molecule has 1 aromatic heterocycles. The molecule has 0 spiro atoms. The molecule has 0 aliphatic heterocycles. The van der Waals surface area contributed by atoms with Crippen molar-refractivity contribution in [1.82, 2.24) is 20.0 Å². The summed E-state index contributed by atoms with van der Waals surface area (Å²) in [5.74, 6) is 0. The van der Waals surface area contributed by atoms with E-state index in [1.807, 2.05) is 67.6 Å². The molecule has 3 N–H and O–H groups in total. The largest absolute Gasteiger partial charge is 0.348 e. The predicted molar refractivity (Wildman–Crippen MR) is 123 cm³/mol. The van der Waals surface area contributed by atoms with Gasteiger partial charge in [-0.3, -0.25) is 0 Å². The van der Waals surface area contributed by atoms with Gasteiger partial charge in [0.25, 0.3) is 0 Å². The van der Waals surface area contributed by atoms with Crippen molar-refractivity contribution in [3.05, 3.63) is 96.1 Å². The van der Waals surface area contributed by atoms with Crippen molar-refractivity contribution in [2.75, 3.05) is 6.54 Å². The minimum Gasteiger partial charge on any atom is -0.348 e. The number of rotatable bonds is 9. The van der Waals surface area contributed by atoms with E-state index < -0.39 is 10.0 Å². The average Bonchev–Trinajstić information content (AvgIpc) is 3.27. The van der Waals surface area contributed by atoms with Crippen molar-refractivity contribution in [2.45, 2.75) is 30.8 Å². The Morgan fingerprint density at radius 2 is 1.71 bits per heavy atom.